The van der Waals surface area contributed by atoms with Crippen LogP contribution < -0.4 is 0 Å². The number of ether oxygens (including phenoxy) is 1. The number of hydrogen-bond acceptors (Lipinski definition) is 3. The summed E-state index contributed by atoms with van der Waals surface area (Å²) in [4.78, 5) is 12.6. The van der Waals surface area contributed by atoms with Crippen molar-refractivity contribution < 1.29 is 14.6 Å². The van der Waals surface area contributed by atoms with E-state index < -0.39 is 17.9 Å². The number of aliphatic hydroxyl groups excluding tert-OH is 1. The van der Waals surface area contributed by atoms with Gasteiger partial charge in [0.1, 0.15) is 11.8 Å². The quantitative estimate of drug-likeness (QED) is 0.713. The van der Waals surface area contributed by atoms with Gasteiger partial charge in [0.25, 0.3) is 0 Å². The highest BCUT2D eigenvalue weighted by atomic mass is 16.6. The van der Waals surface area contributed by atoms with Gasteiger partial charge in [-0.2, -0.15) is 0 Å². The Balaban J connectivity index is 4.12. The van der Waals surface area contributed by atoms with E-state index in [-0.39, 0.29) is 0 Å². The third-order valence-electron chi connectivity index (χ3n) is 1.68. The minimum absolute atomic E-state index is 0.488. The highest BCUT2D eigenvalue weighted by Crippen LogP contribution is 2.11. The first kappa shape index (κ1) is 13.2. The molecule has 0 aliphatic carbocycles. The van der Waals surface area contributed by atoms with Crippen molar-refractivity contribution in [2.24, 2.45) is 0 Å². The molecule has 0 radical (unpaired) electrons. The van der Waals surface area contributed by atoms with Crippen molar-refractivity contribution in [2.45, 2.75) is 52.4 Å². The first-order chi connectivity index (χ1) is 6.28. The number of rotatable bonds is 3. The highest BCUT2D eigenvalue weighted by Gasteiger charge is 2.23. The van der Waals surface area contributed by atoms with Gasteiger partial charge in [-0.25, -0.2) is 4.79 Å². The summed E-state index contributed by atoms with van der Waals surface area (Å²) in [5, 5.41) is 9.51. The van der Waals surface area contributed by atoms with Crippen molar-refractivity contribution in [1.29, 1.82) is 0 Å². The van der Waals surface area contributed by atoms with Crippen LogP contribution in [0.4, 0.5) is 4.79 Å². The molecule has 0 heterocycles. The molecule has 1 N–H and O–H groups in total. The molecule has 4 nitrogen and oxygen atoms in total. The summed E-state index contributed by atoms with van der Waals surface area (Å²) >= 11 is 0. The van der Waals surface area contributed by atoms with E-state index in [1.54, 1.807) is 20.8 Å². The molecule has 0 saturated carbocycles. The zero-order valence-corrected chi connectivity index (χ0v) is 9.70. The number of carbonyl (C=O) groups excluding carboxylic acids is 1. The number of nitrogens with zero attached hydrogens (tertiary/aromatic N) is 1. The Morgan fingerprint density at radius 3 is 2.36 bits per heavy atom. The smallest absolute Gasteiger partial charge is 0.412 e. The summed E-state index contributed by atoms with van der Waals surface area (Å²) in [5.74, 6) is 0. The van der Waals surface area contributed by atoms with E-state index in [4.69, 9.17) is 4.74 Å². The van der Waals surface area contributed by atoms with Crippen molar-refractivity contribution in [3.8, 4) is 0 Å². The molecule has 1 unspecified atom stereocenters. The van der Waals surface area contributed by atoms with E-state index in [0.29, 0.717) is 6.42 Å². The molecule has 0 aliphatic heterocycles. The summed E-state index contributed by atoms with van der Waals surface area (Å²) < 4.78 is 5.09. The van der Waals surface area contributed by atoms with Crippen molar-refractivity contribution in [3.63, 3.8) is 0 Å². The van der Waals surface area contributed by atoms with E-state index in [1.807, 2.05) is 6.92 Å². The molecule has 1 atom stereocenters. The molecule has 0 aromatic heterocycles. The molecular weight excluding hydrogens is 182 g/mol. The first-order valence-electron chi connectivity index (χ1n) is 4.91. The monoisotopic (exact) mass is 203 g/mol. The molecule has 0 spiro atoms. The fraction of sp³-hybridized carbons (Fsp3) is 0.900. The summed E-state index contributed by atoms with van der Waals surface area (Å²) in [6, 6.07) is 0. The predicted molar refractivity (Wildman–Crippen MR) is 54.9 cm³/mol. The molecule has 0 bridgehead atoms. The Kier molecular flexibility index (Phi) is 4.91. The molecule has 14 heavy (non-hydrogen) atoms. The van der Waals surface area contributed by atoms with Gasteiger partial charge in [-0.15, -0.1) is 0 Å². The largest absolute Gasteiger partial charge is 0.444 e. The average molecular weight is 203 g/mol. The number of aliphatic hydroxyl groups is 1. The fourth-order valence-corrected chi connectivity index (χ4v) is 0.907. The Labute approximate surface area is 85.9 Å². The van der Waals surface area contributed by atoms with E-state index in [0.717, 1.165) is 6.42 Å². The molecule has 0 fully saturated rings. The Morgan fingerprint density at radius 2 is 2.00 bits per heavy atom. The van der Waals surface area contributed by atoms with Gasteiger partial charge in [0.2, 0.25) is 0 Å². The maximum atomic E-state index is 11.4. The number of amides is 1. The summed E-state index contributed by atoms with van der Waals surface area (Å²) in [6.07, 6.45) is 0.151. The SMILES string of the molecule is CCCC(O)N(C)C(=O)OC(C)(C)C. The number of hydrogen-bond donors (Lipinski definition) is 1. The minimum Gasteiger partial charge on any atom is -0.444 e. The van der Waals surface area contributed by atoms with Crippen LogP contribution in [0.3, 0.4) is 0 Å². The number of carbonyl (C=O) groups is 1. The van der Waals surface area contributed by atoms with Crippen LogP contribution >= 0.6 is 0 Å². The lowest BCUT2D eigenvalue weighted by atomic mass is 10.2. The lowest BCUT2D eigenvalue weighted by molar-refractivity contribution is -0.0226. The second-order valence-electron chi connectivity index (χ2n) is 4.36. The Bertz CT molecular complexity index is 186. The molecule has 0 aromatic carbocycles. The summed E-state index contributed by atoms with van der Waals surface area (Å²) in [7, 11) is 1.54. The van der Waals surface area contributed by atoms with Gasteiger partial charge in [-0.05, 0) is 27.2 Å². The maximum Gasteiger partial charge on any atom is 0.412 e. The van der Waals surface area contributed by atoms with Crippen LogP contribution in [-0.2, 0) is 4.74 Å². The zero-order chi connectivity index (χ0) is 11.4. The van der Waals surface area contributed by atoms with Crippen LogP contribution in [-0.4, -0.2) is 35.0 Å². The predicted octanol–water partition coefficient (Wildman–Crippen LogP) is 1.97. The third-order valence-corrected chi connectivity index (χ3v) is 1.68. The van der Waals surface area contributed by atoms with Crippen LogP contribution in [0.25, 0.3) is 0 Å². The van der Waals surface area contributed by atoms with Gasteiger partial charge in [0.05, 0.1) is 0 Å². The molecule has 84 valence electrons. The van der Waals surface area contributed by atoms with Gasteiger partial charge in [-0.3, -0.25) is 4.90 Å². The lowest BCUT2D eigenvalue weighted by Gasteiger charge is -2.27. The minimum atomic E-state index is -0.755. The third kappa shape index (κ3) is 5.07. The molecule has 0 aromatic rings. The van der Waals surface area contributed by atoms with Crippen LogP contribution in [0.2, 0.25) is 0 Å². The Hall–Kier alpha value is -0.770. The van der Waals surface area contributed by atoms with Gasteiger partial charge in [0.15, 0.2) is 0 Å². The standard InChI is InChI=1S/C10H21NO3/c1-6-7-8(12)11(5)9(13)14-10(2,3)4/h8,12H,6-7H2,1-5H3. The summed E-state index contributed by atoms with van der Waals surface area (Å²) in [6.45, 7) is 7.34. The van der Waals surface area contributed by atoms with Crippen molar-refractivity contribution >= 4 is 6.09 Å². The summed E-state index contributed by atoms with van der Waals surface area (Å²) in [5.41, 5.74) is -0.517. The van der Waals surface area contributed by atoms with Crippen LogP contribution in [0.1, 0.15) is 40.5 Å². The van der Waals surface area contributed by atoms with Crippen molar-refractivity contribution in [2.75, 3.05) is 7.05 Å². The fourth-order valence-electron chi connectivity index (χ4n) is 0.907. The second kappa shape index (κ2) is 5.20. The van der Waals surface area contributed by atoms with Gasteiger partial charge < -0.3 is 9.84 Å². The zero-order valence-electron chi connectivity index (χ0n) is 9.70. The maximum absolute atomic E-state index is 11.4. The van der Waals surface area contributed by atoms with Gasteiger partial charge >= 0.3 is 6.09 Å². The van der Waals surface area contributed by atoms with E-state index in [9.17, 15) is 9.90 Å². The highest BCUT2D eigenvalue weighted by molar-refractivity contribution is 5.67. The van der Waals surface area contributed by atoms with E-state index in [1.165, 1.54) is 11.9 Å². The van der Waals surface area contributed by atoms with Crippen molar-refractivity contribution in [1.82, 2.24) is 4.90 Å². The van der Waals surface area contributed by atoms with Crippen LogP contribution in [0.5, 0.6) is 0 Å². The average Bonchev–Trinajstić information content (AvgIpc) is 2.00. The molecular formula is C10H21NO3. The van der Waals surface area contributed by atoms with E-state index >= 15 is 0 Å². The Morgan fingerprint density at radius 1 is 1.50 bits per heavy atom. The molecule has 1 amide bonds. The van der Waals surface area contributed by atoms with Crippen molar-refractivity contribution in [3.05, 3.63) is 0 Å². The lowest BCUT2D eigenvalue weighted by Crippen LogP contribution is -2.40. The molecule has 0 saturated heterocycles. The van der Waals surface area contributed by atoms with Gasteiger partial charge in [-0.1, -0.05) is 13.3 Å². The molecule has 4 heteroatoms. The van der Waals surface area contributed by atoms with Crippen LogP contribution in [0, 0.1) is 0 Å². The van der Waals surface area contributed by atoms with Crippen LogP contribution in [0.15, 0.2) is 0 Å². The van der Waals surface area contributed by atoms with E-state index in [2.05, 4.69) is 0 Å². The second-order valence-corrected chi connectivity index (χ2v) is 4.36. The first-order valence-corrected chi connectivity index (χ1v) is 4.91. The normalized spacial score (nSPS) is 13.6. The molecule has 0 rings (SSSR count). The topological polar surface area (TPSA) is 49.8 Å². The molecule has 0 aliphatic rings. The van der Waals surface area contributed by atoms with Gasteiger partial charge in [0, 0.05) is 7.05 Å².